The molecule has 0 saturated heterocycles. The summed E-state index contributed by atoms with van der Waals surface area (Å²) in [7, 11) is 0. The van der Waals surface area contributed by atoms with E-state index in [9.17, 15) is 14.4 Å². The molecule has 7 nitrogen and oxygen atoms in total. The quantitative estimate of drug-likeness (QED) is 0.119. The van der Waals surface area contributed by atoms with Crippen molar-refractivity contribution in [1.29, 1.82) is 0 Å². The minimum Gasteiger partial charge on any atom is -0.325 e. The van der Waals surface area contributed by atoms with Gasteiger partial charge in [0.2, 0.25) is 11.8 Å². The van der Waals surface area contributed by atoms with E-state index in [1.165, 1.54) is 23.5 Å². The van der Waals surface area contributed by atoms with Crippen molar-refractivity contribution in [3.8, 4) is 0 Å². The Bertz CT molecular complexity index is 1700. The first-order chi connectivity index (χ1) is 20.5. The Kier molecular flexibility index (Phi) is 8.61. The van der Waals surface area contributed by atoms with E-state index in [0.717, 1.165) is 29.1 Å². The fraction of sp³-hybridized carbons (Fsp3) is 0.0645. The second-order valence-corrected chi connectivity index (χ2v) is 13.6. The summed E-state index contributed by atoms with van der Waals surface area (Å²) in [4.78, 5) is 47.0. The Morgan fingerprint density at radius 2 is 0.976 bits per heavy atom. The molecule has 0 aliphatic carbocycles. The molecule has 6 aromatic rings. The van der Waals surface area contributed by atoms with Crippen molar-refractivity contribution < 1.29 is 14.4 Å². The van der Waals surface area contributed by atoms with Crippen molar-refractivity contribution in [3.63, 3.8) is 0 Å². The van der Waals surface area contributed by atoms with Gasteiger partial charge in [-0.2, -0.15) is 0 Å². The molecule has 0 spiro atoms. The molecule has 0 saturated carbocycles. The highest BCUT2D eigenvalue weighted by Gasteiger charge is 2.12. The number of benzene rings is 4. The van der Waals surface area contributed by atoms with Gasteiger partial charge in [-0.15, -0.1) is 22.7 Å². The summed E-state index contributed by atoms with van der Waals surface area (Å²) in [6, 6.07) is 29.4. The van der Waals surface area contributed by atoms with Gasteiger partial charge in [0.25, 0.3) is 0 Å². The number of aromatic nitrogens is 2. The van der Waals surface area contributed by atoms with Gasteiger partial charge in [0, 0.05) is 22.5 Å². The number of thiazole rings is 2. The second kappa shape index (κ2) is 12.9. The molecule has 0 unspecified atom stereocenters. The normalized spacial score (nSPS) is 11.0. The van der Waals surface area contributed by atoms with E-state index in [1.54, 1.807) is 71.2 Å². The number of rotatable bonds is 10. The summed E-state index contributed by atoms with van der Waals surface area (Å²) in [5.74, 6) is 0.0427. The fourth-order valence-corrected chi connectivity index (χ4v) is 7.79. The van der Waals surface area contributed by atoms with Crippen molar-refractivity contribution in [2.45, 2.75) is 8.68 Å². The van der Waals surface area contributed by atoms with Gasteiger partial charge >= 0.3 is 0 Å². The first-order valence-corrected chi connectivity index (χ1v) is 16.4. The van der Waals surface area contributed by atoms with E-state index in [2.05, 4.69) is 20.6 Å². The van der Waals surface area contributed by atoms with Crippen molar-refractivity contribution >= 4 is 95.6 Å². The van der Waals surface area contributed by atoms with Crippen LogP contribution in [0.5, 0.6) is 0 Å². The molecule has 6 rings (SSSR count). The lowest BCUT2D eigenvalue weighted by Crippen LogP contribution is -2.14. The van der Waals surface area contributed by atoms with Crippen LogP contribution in [0.2, 0.25) is 0 Å². The number of para-hydroxylation sites is 2. The van der Waals surface area contributed by atoms with Gasteiger partial charge in [-0.05, 0) is 72.8 Å². The zero-order valence-corrected chi connectivity index (χ0v) is 25.2. The standard InChI is InChI=1S/C31H22N4O3S4/c36-27(17-39-30-34-23-5-1-3-7-25(23)41-30)32-21-13-9-19(10-14-21)29(38)20-11-15-22(16-12-20)33-28(37)18-40-31-35-24-6-2-4-8-26(24)42-31/h1-16H,17-18H2,(H,32,36)(H,33,37). The summed E-state index contributed by atoms with van der Waals surface area (Å²) < 4.78 is 3.88. The summed E-state index contributed by atoms with van der Waals surface area (Å²) >= 11 is 5.92. The van der Waals surface area contributed by atoms with Crippen LogP contribution in [0.15, 0.2) is 106 Å². The van der Waals surface area contributed by atoms with Gasteiger partial charge in [-0.3, -0.25) is 14.4 Å². The van der Waals surface area contributed by atoms with E-state index in [0.29, 0.717) is 22.5 Å². The van der Waals surface area contributed by atoms with E-state index in [-0.39, 0.29) is 29.1 Å². The molecule has 208 valence electrons. The molecule has 2 aromatic heterocycles. The Morgan fingerprint density at radius 3 is 1.38 bits per heavy atom. The maximum absolute atomic E-state index is 13.0. The number of hydrogen-bond donors (Lipinski definition) is 2. The molecule has 0 radical (unpaired) electrons. The van der Waals surface area contributed by atoms with Crippen molar-refractivity contribution in [3.05, 3.63) is 108 Å². The monoisotopic (exact) mass is 626 g/mol. The molecule has 0 aliphatic rings. The van der Waals surface area contributed by atoms with E-state index in [1.807, 2.05) is 48.5 Å². The Labute approximate surface area is 257 Å². The molecule has 0 bridgehead atoms. The van der Waals surface area contributed by atoms with Crippen LogP contribution in [0.3, 0.4) is 0 Å². The minimum atomic E-state index is -0.150. The highest BCUT2D eigenvalue weighted by molar-refractivity contribution is 8.02. The molecule has 42 heavy (non-hydrogen) atoms. The number of fused-ring (bicyclic) bond motifs is 2. The third-order valence-electron chi connectivity index (χ3n) is 6.06. The average Bonchev–Trinajstić information content (AvgIpc) is 3.63. The third-order valence-corrected chi connectivity index (χ3v) is 10.4. The molecule has 4 aromatic carbocycles. The number of amides is 2. The minimum absolute atomic E-state index is 0.144. The van der Waals surface area contributed by atoms with Crippen molar-refractivity contribution in [1.82, 2.24) is 9.97 Å². The maximum atomic E-state index is 13.0. The number of carbonyl (C=O) groups excluding carboxylic acids is 3. The Balaban J connectivity index is 0.979. The van der Waals surface area contributed by atoms with Crippen LogP contribution >= 0.6 is 46.2 Å². The fourth-order valence-electron chi connectivity index (χ4n) is 4.05. The van der Waals surface area contributed by atoms with Crippen LogP contribution in [-0.2, 0) is 9.59 Å². The molecule has 2 N–H and O–H groups in total. The van der Waals surface area contributed by atoms with Crippen LogP contribution in [0.25, 0.3) is 20.4 Å². The first kappa shape index (κ1) is 28.1. The number of thioether (sulfide) groups is 2. The van der Waals surface area contributed by atoms with Gasteiger partial charge in [0.15, 0.2) is 14.5 Å². The smallest absolute Gasteiger partial charge is 0.234 e. The van der Waals surface area contributed by atoms with E-state index < -0.39 is 0 Å². The number of anilines is 2. The molecule has 2 heterocycles. The first-order valence-electron chi connectivity index (χ1n) is 12.8. The van der Waals surface area contributed by atoms with Gasteiger partial charge in [0.05, 0.1) is 31.9 Å². The number of nitrogens with zero attached hydrogens (tertiary/aromatic N) is 2. The molecule has 11 heteroatoms. The van der Waals surface area contributed by atoms with Crippen LogP contribution in [0.1, 0.15) is 15.9 Å². The second-order valence-electron chi connectivity index (χ2n) is 9.05. The zero-order chi connectivity index (χ0) is 28.9. The summed E-state index contributed by atoms with van der Waals surface area (Å²) in [5, 5.41) is 5.73. The molecule has 0 aliphatic heterocycles. The van der Waals surface area contributed by atoms with Crippen molar-refractivity contribution in [2.24, 2.45) is 0 Å². The number of ketones is 1. The van der Waals surface area contributed by atoms with Gasteiger partial charge in [-0.25, -0.2) is 9.97 Å². The van der Waals surface area contributed by atoms with Gasteiger partial charge < -0.3 is 10.6 Å². The summed E-state index contributed by atoms with van der Waals surface area (Å²) in [6.45, 7) is 0. The van der Waals surface area contributed by atoms with Gasteiger partial charge in [0.1, 0.15) is 0 Å². The van der Waals surface area contributed by atoms with Crippen LogP contribution in [0, 0.1) is 0 Å². The largest absolute Gasteiger partial charge is 0.325 e. The molecule has 0 atom stereocenters. The van der Waals surface area contributed by atoms with Crippen molar-refractivity contribution in [2.75, 3.05) is 22.1 Å². The predicted octanol–water partition coefficient (Wildman–Crippen LogP) is 7.60. The Morgan fingerprint density at radius 1 is 0.571 bits per heavy atom. The maximum Gasteiger partial charge on any atom is 0.234 e. The van der Waals surface area contributed by atoms with Crippen LogP contribution in [0.4, 0.5) is 11.4 Å². The summed E-state index contributed by atoms with van der Waals surface area (Å²) in [5.41, 5.74) is 4.09. The SMILES string of the molecule is O=C(CSc1nc2ccccc2s1)Nc1ccc(C(=O)c2ccc(NC(=O)CSc3nc4ccccc4s3)cc2)cc1. The topological polar surface area (TPSA) is 101 Å². The van der Waals surface area contributed by atoms with Crippen LogP contribution in [-0.4, -0.2) is 39.1 Å². The third kappa shape index (κ3) is 6.88. The average molecular weight is 627 g/mol. The lowest BCUT2D eigenvalue weighted by atomic mass is 10.0. The molecule has 0 fully saturated rings. The molecular formula is C31H22N4O3S4. The lowest BCUT2D eigenvalue weighted by molar-refractivity contribution is -0.114. The zero-order valence-electron chi connectivity index (χ0n) is 21.9. The Hall–Kier alpha value is -4.03. The van der Waals surface area contributed by atoms with Crippen LogP contribution < -0.4 is 10.6 Å². The molecular weight excluding hydrogens is 605 g/mol. The lowest BCUT2D eigenvalue weighted by Gasteiger charge is -2.07. The summed E-state index contributed by atoms with van der Waals surface area (Å²) in [6.07, 6.45) is 0. The highest BCUT2D eigenvalue weighted by atomic mass is 32.2. The number of hydrogen-bond acceptors (Lipinski definition) is 9. The van der Waals surface area contributed by atoms with E-state index >= 15 is 0 Å². The number of nitrogens with one attached hydrogen (secondary N) is 2. The van der Waals surface area contributed by atoms with Gasteiger partial charge in [-0.1, -0.05) is 47.8 Å². The predicted molar refractivity (Wildman–Crippen MR) is 174 cm³/mol. The highest BCUT2D eigenvalue weighted by Crippen LogP contribution is 2.30. The van der Waals surface area contributed by atoms with E-state index in [4.69, 9.17) is 0 Å². The molecule has 2 amide bonds. The number of carbonyl (C=O) groups is 3.